The minimum atomic E-state index is -4.31. The van der Waals surface area contributed by atoms with Crippen LogP contribution in [0.3, 0.4) is 0 Å². The zero-order chi connectivity index (χ0) is 15.5. The number of rotatable bonds is 4. The van der Waals surface area contributed by atoms with Gasteiger partial charge in [-0.25, -0.2) is 0 Å². The summed E-state index contributed by atoms with van der Waals surface area (Å²) in [5, 5.41) is 0. The summed E-state index contributed by atoms with van der Waals surface area (Å²) >= 11 is 0. The number of nitrogens with two attached hydrogens (primary N) is 1. The van der Waals surface area contributed by atoms with E-state index in [1.54, 1.807) is 6.07 Å². The number of hydrogen-bond donors (Lipinski definition) is 1. The Hall–Kier alpha value is -1.81. The summed E-state index contributed by atoms with van der Waals surface area (Å²) in [5.74, 6) is 0. The van der Waals surface area contributed by atoms with Crippen LogP contribution in [0.4, 0.5) is 13.2 Å². The minimum Gasteiger partial charge on any atom is -0.327 e. The normalized spacial score (nSPS) is 13.2. The standard InChI is InChI=1S/C17H18F3N/c1-12-4-2-5-13(8-12)10-16(21)11-14-6-3-7-15(9-14)17(18,19)20/h2-9,16H,10-11,21H2,1H3. The summed E-state index contributed by atoms with van der Waals surface area (Å²) < 4.78 is 38.0. The molecule has 2 rings (SSSR count). The summed E-state index contributed by atoms with van der Waals surface area (Å²) in [6, 6.07) is 13.2. The smallest absolute Gasteiger partial charge is 0.327 e. The van der Waals surface area contributed by atoms with E-state index in [2.05, 4.69) is 0 Å². The Morgan fingerprint density at radius 2 is 1.52 bits per heavy atom. The second kappa shape index (κ2) is 6.31. The average molecular weight is 293 g/mol. The van der Waals surface area contributed by atoms with Crippen molar-refractivity contribution in [1.82, 2.24) is 0 Å². The number of benzene rings is 2. The number of halogens is 3. The van der Waals surface area contributed by atoms with Gasteiger partial charge in [-0.05, 0) is 37.0 Å². The van der Waals surface area contributed by atoms with Crippen LogP contribution in [0.5, 0.6) is 0 Å². The molecule has 21 heavy (non-hydrogen) atoms. The monoisotopic (exact) mass is 293 g/mol. The molecule has 1 unspecified atom stereocenters. The first kappa shape index (κ1) is 15.6. The lowest BCUT2D eigenvalue weighted by Gasteiger charge is -2.14. The van der Waals surface area contributed by atoms with E-state index in [0.717, 1.165) is 17.2 Å². The van der Waals surface area contributed by atoms with Crippen molar-refractivity contribution in [1.29, 1.82) is 0 Å². The van der Waals surface area contributed by atoms with Crippen LogP contribution in [0.25, 0.3) is 0 Å². The van der Waals surface area contributed by atoms with Gasteiger partial charge in [0.2, 0.25) is 0 Å². The molecular formula is C17H18F3N. The van der Waals surface area contributed by atoms with E-state index in [4.69, 9.17) is 5.73 Å². The first-order valence-electron chi connectivity index (χ1n) is 6.82. The molecule has 0 saturated heterocycles. The quantitative estimate of drug-likeness (QED) is 0.901. The molecule has 2 aromatic carbocycles. The maximum absolute atomic E-state index is 12.7. The fourth-order valence-corrected chi connectivity index (χ4v) is 2.39. The SMILES string of the molecule is Cc1cccc(CC(N)Cc2cccc(C(F)(F)F)c2)c1. The maximum atomic E-state index is 12.7. The number of hydrogen-bond acceptors (Lipinski definition) is 1. The van der Waals surface area contributed by atoms with Crippen molar-refractivity contribution < 1.29 is 13.2 Å². The fraction of sp³-hybridized carbons (Fsp3) is 0.294. The number of aryl methyl sites for hydroxylation is 1. The van der Waals surface area contributed by atoms with Crippen molar-refractivity contribution in [2.75, 3.05) is 0 Å². The van der Waals surface area contributed by atoms with Gasteiger partial charge in [0.05, 0.1) is 5.56 Å². The van der Waals surface area contributed by atoms with Gasteiger partial charge < -0.3 is 5.73 Å². The molecule has 0 bridgehead atoms. The highest BCUT2D eigenvalue weighted by atomic mass is 19.4. The van der Waals surface area contributed by atoms with Crippen molar-refractivity contribution in [2.45, 2.75) is 32.0 Å². The Bertz CT molecular complexity index is 605. The van der Waals surface area contributed by atoms with Crippen molar-refractivity contribution in [3.63, 3.8) is 0 Å². The van der Waals surface area contributed by atoms with Gasteiger partial charge in [0, 0.05) is 6.04 Å². The molecule has 1 nitrogen and oxygen atoms in total. The Balaban J connectivity index is 2.04. The van der Waals surface area contributed by atoms with Gasteiger partial charge in [-0.15, -0.1) is 0 Å². The molecular weight excluding hydrogens is 275 g/mol. The third-order valence-electron chi connectivity index (χ3n) is 3.33. The predicted molar refractivity (Wildman–Crippen MR) is 78.0 cm³/mol. The fourth-order valence-electron chi connectivity index (χ4n) is 2.39. The summed E-state index contributed by atoms with van der Waals surface area (Å²) in [4.78, 5) is 0. The lowest BCUT2D eigenvalue weighted by Crippen LogP contribution is -2.25. The van der Waals surface area contributed by atoms with Crippen molar-refractivity contribution in [3.8, 4) is 0 Å². The molecule has 0 aliphatic rings. The van der Waals surface area contributed by atoms with Crippen LogP contribution in [0.2, 0.25) is 0 Å². The Labute approximate surface area is 122 Å². The lowest BCUT2D eigenvalue weighted by molar-refractivity contribution is -0.137. The van der Waals surface area contributed by atoms with E-state index in [-0.39, 0.29) is 6.04 Å². The van der Waals surface area contributed by atoms with E-state index in [0.29, 0.717) is 18.4 Å². The molecule has 0 fully saturated rings. The van der Waals surface area contributed by atoms with Crippen LogP contribution in [0.15, 0.2) is 48.5 Å². The van der Waals surface area contributed by atoms with Crippen LogP contribution < -0.4 is 5.73 Å². The van der Waals surface area contributed by atoms with Gasteiger partial charge in [0.25, 0.3) is 0 Å². The predicted octanol–water partition coefficient (Wildman–Crippen LogP) is 4.13. The van der Waals surface area contributed by atoms with Crippen molar-refractivity contribution in [3.05, 3.63) is 70.8 Å². The molecule has 0 heterocycles. The molecule has 112 valence electrons. The van der Waals surface area contributed by atoms with E-state index in [1.165, 1.54) is 12.1 Å². The Morgan fingerprint density at radius 1 is 0.952 bits per heavy atom. The zero-order valence-electron chi connectivity index (χ0n) is 11.8. The third-order valence-corrected chi connectivity index (χ3v) is 3.33. The summed E-state index contributed by atoms with van der Waals surface area (Å²) in [6.07, 6.45) is -3.23. The highest BCUT2D eigenvalue weighted by molar-refractivity contribution is 5.27. The minimum absolute atomic E-state index is 0.199. The van der Waals surface area contributed by atoms with Gasteiger partial charge in [-0.1, -0.05) is 48.0 Å². The zero-order valence-corrected chi connectivity index (χ0v) is 11.8. The van der Waals surface area contributed by atoms with Gasteiger partial charge in [0.1, 0.15) is 0 Å². The van der Waals surface area contributed by atoms with Crippen LogP contribution >= 0.6 is 0 Å². The lowest BCUT2D eigenvalue weighted by atomic mass is 9.98. The Kier molecular flexibility index (Phi) is 4.68. The Morgan fingerprint density at radius 3 is 2.10 bits per heavy atom. The molecule has 0 amide bonds. The van der Waals surface area contributed by atoms with Crippen molar-refractivity contribution >= 4 is 0 Å². The van der Waals surface area contributed by atoms with Crippen LogP contribution in [0.1, 0.15) is 22.3 Å². The highest BCUT2D eigenvalue weighted by Crippen LogP contribution is 2.29. The molecule has 0 aliphatic carbocycles. The summed E-state index contributed by atoms with van der Waals surface area (Å²) in [5.41, 5.74) is 8.32. The van der Waals surface area contributed by atoms with Crippen LogP contribution in [0, 0.1) is 6.92 Å². The highest BCUT2D eigenvalue weighted by Gasteiger charge is 2.30. The molecule has 0 aliphatic heterocycles. The molecule has 2 N–H and O–H groups in total. The van der Waals surface area contributed by atoms with Crippen LogP contribution in [-0.2, 0) is 19.0 Å². The molecule has 4 heteroatoms. The summed E-state index contributed by atoms with van der Waals surface area (Å²) in [6.45, 7) is 2.00. The van der Waals surface area contributed by atoms with Crippen LogP contribution in [-0.4, -0.2) is 6.04 Å². The first-order valence-corrected chi connectivity index (χ1v) is 6.82. The van der Waals surface area contributed by atoms with Crippen molar-refractivity contribution in [2.24, 2.45) is 5.73 Å². The molecule has 0 aromatic heterocycles. The third kappa shape index (κ3) is 4.60. The molecule has 0 saturated carbocycles. The molecule has 2 aromatic rings. The van der Waals surface area contributed by atoms with Gasteiger partial charge in [0.15, 0.2) is 0 Å². The van der Waals surface area contributed by atoms with Gasteiger partial charge in [-0.2, -0.15) is 13.2 Å². The second-order valence-electron chi connectivity index (χ2n) is 5.36. The first-order chi connectivity index (χ1) is 9.84. The topological polar surface area (TPSA) is 26.0 Å². The largest absolute Gasteiger partial charge is 0.416 e. The summed E-state index contributed by atoms with van der Waals surface area (Å²) in [7, 11) is 0. The molecule has 0 radical (unpaired) electrons. The van der Waals surface area contributed by atoms with Gasteiger partial charge >= 0.3 is 6.18 Å². The maximum Gasteiger partial charge on any atom is 0.416 e. The van der Waals surface area contributed by atoms with E-state index >= 15 is 0 Å². The average Bonchev–Trinajstić information content (AvgIpc) is 2.37. The van der Waals surface area contributed by atoms with E-state index < -0.39 is 11.7 Å². The molecule has 0 spiro atoms. The van der Waals surface area contributed by atoms with E-state index in [9.17, 15) is 13.2 Å². The number of alkyl halides is 3. The molecule has 1 atom stereocenters. The van der Waals surface area contributed by atoms with E-state index in [1.807, 2.05) is 31.2 Å². The van der Waals surface area contributed by atoms with Gasteiger partial charge in [-0.3, -0.25) is 0 Å². The second-order valence-corrected chi connectivity index (χ2v) is 5.36.